The van der Waals surface area contributed by atoms with E-state index in [1.54, 1.807) is 38.4 Å². The predicted molar refractivity (Wildman–Crippen MR) is 124 cm³/mol. The molecule has 9 heteroatoms. The van der Waals surface area contributed by atoms with Crippen LogP contribution >= 0.6 is 0 Å². The molecule has 3 atom stereocenters. The Labute approximate surface area is 199 Å². The van der Waals surface area contributed by atoms with Gasteiger partial charge in [0, 0.05) is 25.3 Å². The number of hydrogen-bond acceptors (Lipinski definition) is 6. The molecule has 1 heterocycles. The van der Waals surface area contributed by atoms with Crippen LogP contribution in [0.1, 0.15) is 43.5 Å². The van der Waals surface area contributed by atoms with E-state index in [1.165, 1.54) is 4.90 Å². The van der Waals surface area contributed by atoms with Gasteiger partial charge >= 0.3 is 5.97 Å². The molecule has 0 bridgehead atoms. The average molecular weight is 470 g/mol. The molecule has 182 valence electrons. The van der Waals surface area contributed by atoms with Crippen molar-refractivity contribution in [2.75, 3.05) is 26.0 Å². The molecule has 0 radical (unpaired) electrons. The maximum absolute atomic E-state index is 12.9. The number of nitrogens with zero attached hydrogens (tertiary/aromatic N) is 2. The number of anilines is 1. The van der Waals surface area contributed by atoms with Gasteiger partial charge in [-0.2, -0.15) is 0 Å². The first-order valence-electron chi connectivity index (χ1n) is 11.4. The number of fused-ring (bicyclic) bond motifs is 1. The fraction of sp³-hybridized carbons (Fsp3) is 0.480. The molecule has 1 fully saturated rings. The second-order valence-corrected chi connectivity index (χ2v) is 9.28. The van der Waals surface area contributed by atoms with Crippen molar-refractivity contribution in [3.8, 4) is 0 Å². The summed E-state index contributed by atoms with van der Waals surface area (Å²) in [6.07, 6.45) is 5.00. The maximum Gasteiger partial charge on any atom is 0.329 e. The van der Waals surface area contributed by atoms with Gasteiger partial charge < -0.3 is 15.0 Å². The van der Waals surface area contributed by atoms with Gasteiger partial charge in [-0.15, -0.1) is 0 Å². The Morgan fingerprint density at radius 2 is 1.59 bits per heavy atom. The number of rotatable bonds is 8. The van der Waals surface area contributed by atoms with E-state index in [2.05, 4.69) is 5.32 Å². The number of likely N-dealkylation sites (tertiary alicyclic amines) is 1. The number of imide groups is 1. The van der Waals surface area contributed by atoms with Crippen LogP contribution < -0.4 is 5.32 Å². The largest absolute Gasteiger partial charge is 0.454 e. The first-order chi connectivity index (χ1) is 16.1. The third-order valence-corrected chi connectivity index (χ3v) is 5.99. The van der Waals surface area contributed by atoms with E-state index in [9.17, 15) is 24.0 Å². The van der Waals surface area contributed by atoms with Crippen LogP contribution in [-0.2, 0) is 23.9 Å². The molecule has 1 aromatic rings. The molecule has 3 unspecified atom stereocenters. The second kappa shape index (κ2) is 10.6. The van der Waals surface area contributed by atoms with Crippen molar-refractivity contribution in [3.63, 3.8) is 0 Å². The minimum absolute atomic E-state index is 0.0242. The Kier molecular flexibility index (Phi) is 7.86. The van der Waals surface area contributed by atoms with Crippen molar-refractivity contribution in [3.05, 3.63) is 42.0 Å². The summed E-state index contributed by atoms with van der Waals surface area (Å²) in [7, 11) is 3.29. The highest BCUT2D eigenvalue weighted by Gasteiger charge is 2.51. The molecule has 2 aliphatic rings. The minimum Gasteiger partial charge on any atom is -0.454 e. The number of ether oxygens (including phenoxy) is 1. The lowest BCUT2D eigenvalue weighted by Crippen LogP contribution is -2.47. The second-order valence-electron chi connectivity index (χ2n) is 9.28. The maximum atomic E-state index is 12.9. The van der Waals surface area contributed by atoms with E-state index in [1.807, 2.05) is 26.0 Å². The Morgan fingerprint density at radius 1 is 1.03 bits per heavy atom. The average Bonchev–Trinajstić information content (AvgIpc) is 3.06. The van der Waals surface area contributed by atoms with Crippen molar-refractivity contribution >= 4 is 35.3 Å². The Hall–Kier alpha value is -3.49. The molecular formula is C25H31N3O6. The number of nitrogens with one attached hydrogen (secondary N) is 1. The summed E-state index contributed by atoms with van der Waals surface area (Å²) in [6, 6.07) is 5.27. The van der Waals surface area contributed by atoms with Gasteiger partial charge in [-0.3, -0.25) is 24.1 Å². The van der Waals surface area contributed by atoms with Gasteiger partial charge in [0.25, 0.3) is 11.8 Å². The Balaban J connectivity index is 1.62. The van der Waals surface area contributed by atoms with Crippen LogP contribution in [0.5, 0.6) is 0 Å². The van der Waals surface area contributed by atoms with Gasteiger partial charge in [-0.25, -0.2) is 4.79 Å². The lowest BCUT2D eigenvalue weighted by molar-refractivity contribution is -0.160. The monoisotopic (exact) mass is 469 g/mol. The summed E-state index contributed by atoms with van der Waals surface area (Å²) in [4.78, 5) is 65.5. The molecule has 4 amide bonds. The number of amides is 4. The van der Waals surface area contributed by atoms with Crippen LogP contribution in [0.25, 0.3) is 0 Å². The highest BCUT2D eigenvalue weighted by atomic mass is 16.5. The molecular weight excluding hydrogens is 438 g/mol. The van der Waals surface area contributed by atoms with Crippen LogP contribution in [0.4, 0.5) is 5.69 Å². The van der Waals surface area contributed by atoms with E-state index < -0.39 is 36.4 Å². The zero-order valence-electron chi connectivity index (χ0n) is 19.9. The molecule has 1 saturated heterocycles. The van der Waals surface area contributed by atoms with Crippen molar-refractivity contribution in [1.82, 2.24) is 9.80 Å². The summed E-state index contributed by atoms with van der Waals surface area (Å²) in [5.41, 5.74) is 0.915. The predicted octanol–water partition coefficient (Wildman–Crippen LogP) is 2.24. The van der Waals surface area contributed by atoms with Crippen molar-refractivity contribution in [2.24, 2.45) is 17.8 Å². The van der Waals surface area contributed by atoms with Crippen molar-refractivity contribution < 1.29 is 28.7 Å². The Bertz CT molecular complexity index is 972. The van der Waals surface area contributed by atoms with Gasteiger partial charge in [-0.05, 0) is 49.4 Å². The van der Waals surface area contributed by atoms with E-state index in [0.717, 1.165) is 4.90 Å². The standard InChI is InChI=1S/C25H31N3O6/c1-15(2)13-20(28-23(31)18-7-5-6-8-19(18)24(28)32)25(33)34-14-21(29)26-17-11-9-16(10-12-17)22(30)27(3)4/h5-6,9-12,15,18-20H,7-8,13-14H2,1-4H3,(H,26,29). The molecule has 1 aliphatic carbocycles. The molecule has 0 saturated carbocycles. The highest BCUT2D eigenvalue weighted by Crippen LogP contribution is 2.37. The number of carbonyl (C=O) groups is 5. The van der Waals surface area contributed by atoms with Gasteiger partial charge in [0.05, 0.1) is 11.8 Å². The minimum atomic E-state index is -1.06. The molecule has 0 spiro atoms. The SMILES string of the molecule is CC(C)CC(C(=O)OCC(=O)Nc1ccc(C(=O)N(C)C)cc1)N1C(=O)C2CC=CCC2C1=O. The Morgan fingerprint density at radius 3 is 2.09 bits per heavy atom. The lowest BCUT2D eigenvalue weighted by atomic mass is 9.85. The zero-order chi connectivity index (χ0) is 25.0. The molecule has 34 heavy (non-hydrogen) atoms. The van der Waals surface area contributed by atoms with Gasteiger partial charge in [0.15, 0.2) is 6.61 Å². The highest BCUT2D eigenvalue weighted by molar-refractivity contribution is 6.08. The molecule has 9 nitrogen and oxygen atoms in total. The zero-order valence-corrected chi connectivity index (χ0v) is 19.9. The quantitative estimate of drug-likeness (QED) is 0.355. The van der Waals surface area contributed by atoms with Crippen LogP contribution in [0.15, 0.2) is 36.4 Å². The summed E-state index contributed by atoms with van der Waals surface area (Å²) < 4.78 is 5.22. The fourth-order valence-electron chi connectivity index (χ4n) is 4.27. The molecule has 1 N–H and O–H groups in total. The molecule has 1 aliphatic heterocycles. The summed E-state index contributed by atoms with van der Waals surface area (Å²) in [6.45, 7) is 3.21. The normalized spacial score (nSPS) is 20.2. The first-order valence-corrected chi connectivity index (χ1v) is 11.4. The summed E-state index contributed by atoms with van der Waals surface area (Å²) >= 11 is 0. The van der Waals surface area contributed by atoms with Gasteiger partial charge in [0.2, 0.25) is 11.8 Å². The summed E-state index contributed by atoms with van der Waals surface area (Å²) in [5.74, 6) is -3.06. The first kappa shape index (κ1) is 25.1. The number of carbonyl (C=O) groups excluding carboxylic acids is 5. The van der Waals surface area contributed by atoms with Crippen LogP contribution in [0.3, 0.4) is 0 Å². The number of hydrogen-bond donors (Lipinski definition) is 1. The van der Waals surface area contributed by atoms with Crippen LogP contribution in [-0.4, -0.2) is 66.1 Å². The molecule has 0 aromatic heterocycles. The smallest absolute Gasteiger partial charge is 0.329 e. The van der Waals surface area contributed by atoms with E-state index >= 15 is 0 Å². The number of benzene rings is 1. The van der Waals surface area contributed by atoms with Crippen LogP contribution in [0.2, 0.25) is 0 Å². The number of allylic oxidation sites excluding steroid dienone is 2. The van der Waals surface area contributed by atoms with Crippen LogP contribution in [0, 0.1) is 17.8 Å². The topological polar surface area (TPSA) is 113 Å². The van der Waals surface area contributed by atoms with Crippen molar-refractivity contribution in [2.45, 2.75) is 39.2 Å². The van der Waals surface area contributed by atoms with Gasteiger partial charge in [0.1, 0.15) is 6.04 Å². The van der Waals surface area contributed by atoms with E-state index in [0.29, 0.717) is 24.1 Å². The van der Waals surface area contributed by atoms with E-state index in [4.69, 9.17) is 4.74 Å². The third-order valence-electron chi connectivity index (χ3n) is 5.99. The van der Waals surface area contributed by atoms with Gasteiger partial charge in [-0.1, -0.05) is 26.0 Å². The molecule has 1 aromatic carbocycles. The van der Waals surface area contributed by atoms with Crippen molar-refractivity contribution in [1.29, 1.82) is 0 Å². The van der Waals surface area contributed by atoms with E-state index in [-0.39, 0.29) is 30.1 Å². The fourth-order valence-corrected chi connectivity index (χ4v) is 4.27. The number of esters is 1. The molecule has 3 rings (SSSR count). The lowest BCUT2D eigenvalue weighted by Gasteiger charge is -2.26. The summed E-state index contributed by atoms with van der Waals surface area (Å²) in [5, 5.41) is 2.60. The third kappa shape index (κ3) is 5.52.